The first-order valence-corrected chi connectivity index (χ1v) is 5.30. The number of fused-ring (bicyclic) bond motifs is 1. The SMILES string of the molecule is CC1(C)[SiH2]C2C(=O)OC(=O)C21. The van der Waals surface area contributed by atoms with Gasteiger partial charge in [-0.2, -0.15) is 0 Å². The van der Waals surface area contributed by atoms with Crippen LogP contribution in [0.25, 0.3) is 0 Å². The number of rotatable bonds is 0. The van der Waals surface area contributed by atoms with Gasteiger partial charge in [-0.05, 0) is 5.04 Å². The van der Waals surface area contributed by atoms with Crippen molar-refractivity contribution in [2.45, 2.75) is 24.4 Å². The highest BCUT2D eigenvalue weighted by Crippen LogP contribution is 2.57. The minimum Gasteiger partial charge on any atom is -0.393 e. The standard InChI is InChI=1S/C7H10O3Si/c1-7(2)3-4(11-7)6(9)10-5(3)8/h3-4H,11H2,1-2H3. The Morgan fingerprint density at radius 1 is 1.36 bits per heavy atom. The van der Waals surface area contributed by atoms with Crippen molar-refractivity contribution < 1.29 is 14.3 Å². The molecule has 0 amide bonds. The van der Waals surface area contributed by atoms with Crippen molar-refractivity contribution in [3.05, 3.63) is 0 Å². The molecule has 0 saturated carbocycles. The summed E-state index contributed by atoms with van der Waals surface area (Å²) in [6.07, 6.45) is 0. The lowest BCUT2D eigenvalue weighted by atomic mass is 9.90. The third-order valence-electron chi connectivity index (χ3n) is 2.75. The predicted octanol–water partition coefficient (Wildman–Crippen LogP) is -0.145. The maximum absolute atomic E-state index is 11.0. The molecule has 2 atom stereocenters. The maximum atomic E-state index is 11.0. The fourth-order valence-electron chi connectivity index (χ4n) is 2.14. The molecule has 0 aromatic carbocycles. The molecule has 2 fully saturated rings. The Labute approximate surface area is 66.9 Å². The average molecular weight is 170 g/mol. The van der Waals surface area contributed by atoms with E-state index in [4.69, 9.17) is 0 Å². The molecule has 0 spiro atoms. The Balaban J connectivity index is 2.28. The van der Waals surface area contributed by atoms with E-state index in [0.29, 0.717) is 0 Å². The lowest BCUT2D eigenvalue weighted by molar-refractivity contribution is -0.153. The summed E-state index contributed by atoms with van der Waals surface area (Å²) in [4.78, 5) is 22.0. The fraction of sp³-hybridized carbons (Fsp3) is 0.714. The van der Waals surface area contributed by atoms with Gasteiger partial charge in [-0.15, -0.1) is 0 Å². The van der Waals surface area contributed by atoms with Gasteiger partial charge in [0.1, 0.15) is 0 Å². The number of hydrogen-bond acceptors (Lipinski definition) is 3. The van der Waals surface area contributed by atoms with E-state index < -0.39 is 9.52 Å². The summed E-state index contributed by atoms with van der Waals surface area (Å²) < 4.78 is 4.54. The molecular weight excluding hydrogens is 160 g/mol. The Hall–Kier alpha value is -0.643. The Morgan fingerprint density at radius 2 is 2.00 bits per heavy atom. The molecule has 4 heteroatoms. The van der Waals surface area contributed by atoms with Gasteiger partial charge in [0.25, 0.3) is 0 Å². The van der Waals surface area contributed by atoms with Gasteiger partial charge in [-0.3, -0.25) is 9.59 Å². The second-order valence-corrected chi connectivity index (χ2v) is 7.13. The molecule has 3 nitrogen and oxygen atoms in total. The first kappa shape index (κ1) is 7.03. The highest BCUT2D eigenvalue weighted by molar-refractivity contribution is 6.55. The van der Waals surface area contributed by atoms with Crippen LogP contribution < -0.4 is 0 Å². The van der Waals surface area contributed by atoms with Gasteiger partial charge in [0, 0.05) is 9.52 Å². The fourth-order valence-corrected chi connectivity index (χ4v) is 4.80. The molecule has 0 bridgehead atoms. The number of carbonyl (C=O) groups is 2. The number of hydrogen-bond donors (Lipinski definition) is 0. The third kappa shape index (κ3) is 0.729. The minimum atomic E-state index is -0.413. The molecular formula is C7H10O3Si. The van der Waals surface area contributed by atoms with Crippen LogP contribution in [-0.2, 0) is 14.3 Å². The molecule has 2 unspecified atom stereocenters. The van der Waals surface area contributed by atoms with E-state index in [-0.39, 0.29) is 28.4 Å². The quantitative estimate of drug-likeness (QED) is 0.288. The monoisotopic (exact) mass is 170 g/mol. The zero-order valence-electron chi connectivity index (χ0n) is 6.59. The van der Waals surface area contributed by atoms with Crippen LogP contribution >= 0.6 is 0 Å². The van der Waals surface area contributed by atoms with Crippen molar-refractivity contribution in [3.8, 4) is 0 Å². The maximum Gasteiger partial charge on any atom is 0.317 e. The molecule has 60 valence electrons. The van der Waals surface area contributed by atoms with Gasteiger partial charge in [0.2, 0.25) is 0 Å². The van der Waals surface area contributed by atoms with Gasteiger partial charge < -0.3 is 4.74 Å². The molecule has 2 saturated heterocycles. The zero-order chi connectivity index (χ0) is 8.22. The van der Waals surface area contributed by atoms with Crippen LogP contribution in [-0.4, -0.2) is 21.5 Å². The van der Waals surface area contributed by atoms with E-state index in [9.17, 15) is 9.59 Å². The van der Waals surface area contributed by atoms with E-state index in [0.717, 1.165) is 0 Å². The van der Waals surface area contributed by atoms with Crippen LogP contribution in [0.1, 0.15) is 13.8 Å². The number of cyclic esters (lactones) is 2. The summed E-state index contributed by atoms with van der Waals surface area (Å²) in [5.41, 5.74) is 0.0116. The van der Waals surface area contributed by atoms with Crippen molar-refractivity contribution in [2.75, 3.05) is 0 Å². The second kappa shape index (κ2) is 1.74. The molecule has 0 aromatic rings. The van der Waals surface area contributed by atoms with Crippen molar-refractivity contribution in [3.63, 3.8) is 0 Å². The molecule has 2 heterocycles. The Bertz CT molecular complexity index is 246. The summed E-state index contributed by atoms with van der Waals surface area (Å²) in [5.74, 6) is -0.642. The highest BCUT2D eigenvalue weighted by Gasteiger charge is 2.61. The van der Waals surface area contributed by atoms with Crippen LogP contribution in [0, 0.1) is 5.92 Å². The van der Waals surface area contributed by atoms with E-state index in [1.165, 1.54) is 0 Å². The smallest absolute Gasteiger partial charge is 0.317 e. The van der Waals surface area contributed by atoms with Crippen LogP contribution in [0.4, 0.5) is 0 Å². The summed E-state index contributed by atoms with van der Waals surface area (Å²) in [6.45, 7) is 4.11. The van der Waals surface area contributed by atoms with E-state index in [1.54, 1.807) is 0 Å². The van der Waals surface area contributed by atoms with Gasteiger partial charge in [0.15, 0.2) is 0 Å². The minimum absolute atomic E-state index is 0.0116. The average Bonchev–Trinajstić information content (AvgIpc) is 2.03. The topological polar surface area (TPSA) is 43.4 Å². The lowest BCUT2D eigenvalue weighted by Gasteiger charge is -2.42. The number of esters is 2. The van der Waals surface area contributed by atoms with Gasteiger partial charge in [0.05, 0.1) is 11.5 Å². The summed E-state index contributed by atoms with van der Waals surface area (Å²) in [7, 11) is -0.413. The van der Waals surface area contributed by atoms with E-state index in [1.807, 2.05) is 0 Å². The number of ether oxygens (including phenoxy) is 1. The molecule has 2 rings (SSSR count). The van der Waals surface area contributed by atoms with Crippen molar-refractivity contribution in [1.29, 1.82) is 0 Å². The van der Waals surface area contributed by atoms with Crippen LogP contribution in [0.15, 0.2) is 0 Å². The molecule has 11 heavy (non-hydrogen) atoms. The molecule has 0 N–H and O–H groups in total. The molecule has 2 aliphatic rings. The van der Waals surface area contributed by atoms with E-state index in [2.05, 4.69) is 18.6 Å². The molecule has 0 radical (unpaired) electrons. The van der Waals surface area contributed by atoms with Crippen LogP contribution in [0.2, 0.25) is 10.6 Å². The summed E-state index contributed by atoms with van der Waals surface area (Å²) in [6, 6.07) is 0. The first-order valence-electron chi connectivity index (χ1n) is 3.78. The van der Waals surface area contributed by atoms with Crippen molar-refractivity contribution in [1.82, 2.24) is 0 Å². The van der Waals surface area contributed by atoms with E-state index >= 15 is 0 Å². The van der Waals surface area contributed by atoms with Gasteiger partial charge >= 0.3 is 11.9 Å². The summed E-state index contributed by atoms with van der Waals surface area (Å²) in [5, 5.41) is 0.119. The predicted molar refractivity (Wildman–Crippen MR) is 40.9 cm³/mol. The lowest BCUT2D eigenvalue weighted by Crippen LogP contribution is -2.44. The second-order valence-electron chi connectivity index (χ2n) is 4.02. The van der Waals surface area contributed by atoms with Gasteiger partial charge in [-0.1, -0.05) is 13.8 Å². The third-order valence-corrected chi connectivity index (χ3v) is 5.48. The van der Waals surface area contributed by atoms with Crippen LogP contribution in [0.3, 0.4) is 0 Å². The Morgan fingerprint density at radius 3 is 2.36 bits per heavy atom. The van der Waals surface area contributed by atoms with Crippen molar-refractivity contribution in [2.24, 2.45) is 5.92 Å². The Kier molecular flexibility index (Phi) is 1.11. The molecule has 0 aliphatic carbocycles. The molecule has 2 aliphatic heterocycles. The first-order chi connectivity index (χ1) is 5.02. The van der Waals surface area contributed by atoms with Gasteiger partial charge in [-0.25, -0.2) is 0 Å². The molecule has 0 aromatic heterocycles. The largest absolute Gasteiger partial charge is 0.393 e. The van der Waals surface area contributed by atoms with Crippen LogP contribution in [0.5, 0.6) is 0 Å². The zero-order valence-corrected chi connectivity index (χ0v) is 8.00. The summed E-state index contributed by atoms with van der Waals surface area (Å²) >= 11 is 0. The van der Waals surface area contributed by atoms with Crippen molar-refractivity contribution >= 4 is 21.5 Å². The normalized spacial score (nSPS) is 41.6. The number of carbonyl (C=O) groups excluding carboxylic acids is 2. The highest BCUT2D eigenvalue weighted by atomic mass is 28.2.